The van der Waals surface area contributed by atoms with E-state index in [4.69, 9.17) is 4.74 Å². The molecule has 1 aromatic carbocycles. The van der Waals surface area contributed by atoms with Crippen molar-refractivity contribution in [3.05, 3.63) is 35.6 Å². The molecule has 6 nitrogen and oxygen atoms in total. The second kappa shape index (κ2) is 7.02. The zero-order valence-corrected chi connectivity index (χ0v) is 12.2. The molecule has 1 aliphatic carbocycles. The standard InChI is InChI=1S/C15H17FN2O4/c1-18(8-13(19)17-10-6-7-10)14(20)9-22-15(21)11-4-2-3-5-12(11)16/h2-5,10H,6-9H2,1H3,(H,17,19). The maximum atomic E-state index is 13.4. The van der Waals surface area contributed by atoms with E-state index in [1.807, 2.05) is 0 Å². The second-order valence-electron chi connectivity index (χ2n) is 5.15. The number of benzene rings is 1. The first kappa shape index (κ1) is 15.9. The molecule has 0 unspecified atom stereocenters. The van der Waals surface area contributed by atoms with Gasteiger partial charge in [0.15, 0.2) is 6.61 Å². The van der Waals surface area contributed by atoms with Crippen LogP contribution in [0.3, 0.4) is 0 Å². The van der Waals surface area contributed by atoms with Crippen molar-refractivity contribution in [2.24, 2.45) is 0 Å². The number of rotatable bonds is 6. The van der Waals surface area contributed by atoms with Crippen molar-refractivity contribution in [1.82, 2.24) is 10.2 Å². The lowest BCUT2D eigenvalue weighted by atomic mass is 10.2. The number of hydrogen-bond donors (Lipinski definition) is 1. The molecule has 1 aromatic rings. The van der Waals surface area contributed by atoms with Crippen molar-refractivity contribution in [3.8, 4) is 0 Å². The number of nitrogens with one attached hydrogen (secondary N) is 1. The smallest absolute Gasteiger partial charge is 0.341 e. The minimum Gasteiger partial charge on any atom is -0.452 e. The highest BCUT2D eigenvalue weighted by molar-refractivity contribution is 5.92. The zero-order valence-electron chi connectivity index (χ0n) is 12.2. The van der Waals surface area contributed by atoms with Crippen LogP contribution in [0.2, 0.25) is 0 Å². The molecule has 0 radical (unpaired) electrons. The summed E-state index contributed by atoms with van der Waals surface area (Å²) in [5, 5.41) is 2.75. The molecule has 0 atom stereocenters. The predicted molar refractivity (Wildman–Crippen MR) is 75.5 cm³/mol. The van der Waals surface area contributed by atoms with Crippen LogP contribution < -0.4 is 5.32 Å². The van der Waals surface area contributed by atoms with Gasteiger partial charge in [0.2, 0.25) is 5.91 Å². The minimum atomic E-state index is -0.915. The Hall–Kier alpha value is -2.44. The van der Waals surface area contributed by atoms with Crippen molar-refractivity contribution >= 4 is 17.8 Å². The maximum absolute atomic E-state index is 13.4. The number of esters is 1. The summed E-state index contributed by atoms with van der Waals surface area (Å²) in [4.78, 5) is 36.1. The van der Waals surface area contributed by atoms with Gasteiger partial charge in [-0.15, -0.1) is 0 Å². The van der Waals surface area contributed by atoms with Crippen molar-refractivity contribution in [1.29, 1.82) is 0 Å². The third-order valence-corrected chi connectivity index (χ3v) is 3.17. The lowest BCUT2D eigenvalue weighted by molar-refractivity contribution is -0.137. The van der Waals surface area contributed by atoms with Gasteiger partial charge in [0.1, 0.15) is 5.82 Å². The summed E-state index contributed by atoms with van der Waals surface area (Å²) in [5.74, 6) is -2.41. The van der Waals surface area contributed by atoms with E-state index in [9.17, 15) is 18.8 Å². The zero-order chi connectivity index (χ0) is 16.1. The average molecular weight is 308 g/mol. The molecule has 0 aromatic heterocycles. The van der Waals surface area contributed by atoms with E-state index < -0.39 is 24.3 Å². The number of hydrogen-bond acceptors (Lipinski definition) is 4. The molecule has 1 N–H and O–H groups in total. The van der Waals surface area contributed by atoms with Gasteiger partial charge in [-0.3, -0.25) is 9.59 Å². The van der Waals surface area contributed by atoms with E-state index in [2.05, 4.69) is 5.32 Å². The lowest BCUT2D eigenvalue weighted by Gasteiger charge is -2.16. The number of nitrogens with zero attached hydrogens (tertiary/aromatic N) is 1. The summed E-state index contributed by atoms with van der Waals surface area (Å²) < 4.78 is 18.1. The van der Waals surface area contributed by atoms with Crippen molar-refractivity contribution in [2.75, 3.05) is 20.2 Å². The molecule has 118 valence electrons. The van der Waals surface area contributed by atoms with Crippen LogP contribution in [-0.4, -0.2) is 48.9 Å². The Labute approximate surface area is 127 Å². The third-order valence-electron chi connectivity index (χ3n) is 3.17. The molecule has 0 bridgehead atoms. The van der Waals surface area contributed by atoms with Gasteiger partial charge in [-0.2, -0.15) is 0 Å². The van der Waals surface area contributed by atoms with E-state index in [0.29, 0.717) is 0 Å². The summed E-state index contributed by atoms with van der Waals surface area (Å²) in [6, 6.07) is 5.57. The average Bonchev–Trinajstić information content (AvgIpc) is 3.28. The predicted octanol–water partition coefficient (Wildman–Crippen LogP) is 0.720. The molecule has 2 amide bonds. The Kier molecular flexibility index (Phi) is 5.08. The normalized spacial score (nSPS) is 13.4. The van der Waals surface area contributed by atoms with E-state index in [-0.39, 0.29) is 24.1 Å². The maximum Gasteiger partial charge on any atom is 0.341 e. The van der Waals surface area contributed by atoms with Crippen LogP contribution in [-0.2, 0) is 14.3 Å². The van der Waals surface area contributed by atoms with Crippen molar-refractivity contribution in [2.45, 2.75) is 18.9 Å². The number of ether oxygens (including phenoxy) is 1. The molecular formula is C15H17FN2O4. The van der Waals surface area contributed by atoms with E-state index in [1.54, 1.807) is 0 Å². The molecular weight excluding hydrogens is 291 g/mol. The molecule has 0 spiro atoms. The highest BCUT2D eigenvalue weighted by Gasteiger charge is 2.24. The molecule has 0 aliphatic heterocycles. The van der Waals surface area contributed by atoms with Crippen molar-refractivity contribution < 1.29 is 23.5 Å². The fourth-order valence-electron chi connectivity index (χ4n) is 1.75. The van der Waals surface area contributed by atoms with Crippen LogP contribution in [0.15, 0.2) is 24.3 Å². The monoisotopic (exact) mass is 308 g/mol. The van der Waals surface area contributed by atoms with Gasteiger partial charge >= 0.3 is 5.97 Å². The molecule has 1 aliphatic rings. The molecule has 7 heteroatoms. The first-order valence-electron chi connectivity index (χ1n) is 6.92. The summed E-state index contributed by atoms with van der Waals surface area (Å²) in [5.41, 5.74) is -0.232. The Morgan fingerprint density at radius 1 is 1.32 bits per heavy atom. The van der Waals surface area contributed by atoms with Crippen LogP contribution in [0.25, 0.3) is 0 Å². The highest BCUT2D eigenvalue weighted by Crippen LogP contribution is 2.18. The van der Waals surface area contributed by atoms with Gasteiger partial charge in [-0.1, -0.05) is 12.1 Å². The largest absolute Gasteiger partial charge is 0.452 e. The number of halogens is 1. The molecule has 22 heavy (non-hydrogen) atoms. The van der Waals surface area contributed by atoms with E-state index in [1.165, 1.54) is 25.2 Å². The highest BCUT2D eigenvalue weighted by atomic mass is 19.1. The Morgan fingerprint density at radius 2 is 2.00 bits per heavy atom. The fraction of sp³-hybridized carbons (Fsp3) is 0.400. The number of amides is 2. The van der Waals surface area contributed by atoms with Gasteiger partial charge in [0.05, 0.1) is 12.1 Å². The minimum absolute atomic E-state index is 0.105. The summed E-state index contributed by atoms with van der Waals surface area (Å²) >= 11 is 0. The Bertz CT molecular complexity index is 587. The summed E-state index contributed by atoms with van der Waals surface area (Å²) in [6.45, 7) is -0.646. The van der Waals surface area contributed by atoms with Gasteiger partial charge in [-0.05, 0) is 25.0 Å². The Balaban J connectivity index is 1.77. The molecule has 1 saturated carbocycles. The van der Waals surface area contributed by atoms with Crippen molar-refractivity contribution in [3.63, 3.8) is 0 Å². The van der Waals surface area contributed by atoms with Crippen LogP contribution in [0.1, 0.15) is 23.2 Å². The van der Waals surface area contributed by atoms with E-state index in [0.717, 1.165) is 23.8 Å². The van der Waals surface area contributed by atoms with Gasteiger partial charge in [0.25, 0.3) is 5.91 Å². The fourth-order valence-corrected chi connectivity index (χ4v) is 1.75. The molecule has 2 rings (SSSR count). The third kappa shape index (κ3) is 4.54. The second-order valence-corrected chi connectivity index (χ2v) is 5.15. The van der Waals surface area contributed by atoms with Gasteiger partial charge in [-0.25, -0.2) is 9.18 Å². The quantitative estimate of drug-likeness (QED) is 0.786. The van der Waals surface area contributed by atoms with Crippen LogP contribution in [0.5, 0.6) is 0 Å². The lowest BCUT2D eigenvalue weighted by Crippen LogP contribution is -2.40. The van der Waals surface area contributed by atoms with Gasteiger partial charge < -0.3 is 15.0 Å². The SMILES string of the molecule is CN(CC(=O)NC1CC1)C(=O)COC(=O)c1ccccc1F. The van der Waals surface area contributed by atoms with Crippen LogP contribution in [0.4, 0.5) is 4.39 Å². The number of likely N-dealkylation sites (N-methyl/N-ethyl adjacent to an activating group) is 1. The number of carbonyl (C=O) groups is 3. The summed E-state index contributed by atoms with van der Waals surface area (Å²) in [6.07, 6.45) is 1.92. The molecule has 0 saturated heterocycles. The molecule has 0 heterocycles. The van der Waals surface area contributed by atoms with Crippen LogP contribution in [0, 0.1) is 5.82 Å². The first-order chi connectivity index (χ1) is 10.5. The summed E-state index contributed by atoms with van der Waals surface area (Å²) in [7, 11) is 1.44. The Morgan fingerprint density at radius 3 is 2.64 bits per heavy atom. The van der Waals surface area contributed by atoms with Gasteiger partial charge in [0, 0.05) is 13.1 Å². The topological polar surface area (TPSA) is 75.7 Å². The number of carbonyl (C=O) groups excluding carboxylic acids is 3. The first-order valence-corrected chi connectivity index (χ1v) is 6.92. The van der Waals surface area contributed by atoms with E-state index >= 15 is 0 Å². The molecule has 1 fully saturated rings. The van der Waals surface area contributed by atoms with Crippen LogP contribution >= 0.6 is 0 Å².